The van der Waals surface area contributed by atoms with Crippen molar-refractivity contribution in [1.29, 1.82) is 0 Å². The van der Waals surface area contributed by atoms with Gasteiger partial charge in [0.1, 0.15) is 10.2 Å². The fourth-order valence-electron chi connectivity index (χ4n) is 2.26. The molecule has 104 valence electrons. The van der Waals surface area contributed by atoms with Crippen LogP contribution in [-0.4, -0.2) is 24.6 Å². The number of benzene rings is 1. The van der Waals surface area contributed by atoms with Gasteiger partial charge in [-0.3, -0.25) is 10.1 Å². The summed E-state index contributed by atoms with van der Waals surface area (Å²) in [5, 5.41) is 14.1. The lowest BCUT2D eigenvalue weighted by molar-refractivity contribution is -0.385. The second-order valence-electron chi connectivity index (χ2n) is 4.68. The van der Waals surface area contributed by atoms with Crippen LogP contribution in [0.5, 0.6) is 5.75 Å². The highest BCUT2D eigenvalue weighted by molar-refractivity contribution is 9.10. The van der Waals surface area contributed by atoms with Gasteiger partial charge in [0.2, 0.25) is 0 Å². The first-order chi connectivity index (χ1) is 9.18. The Morgan fingerprint density at radius 1 is 1.42 bits per heavy atom. The summed E-state index contributed by atoms with van der Waals surface area (Å²) in [6.07, 6.45) is 3.36. The van der Waals surface area contributed by atoms with Gasteiger partial charge in [0.15, 0.2) is 0 Å². The van der Waals surface area contributed by atoms with Crippen molar-refractivity contribution in [2.45, 2.75) is 19.3 Å². The lowest BCUT2D eigenvalue weighted by atomic mass is 9.95. The average molecular weight is 329 g/mol. The second kappa shape index (κ2) is 6.86. The summed E-state index contributed by atoms with van der Waals surface area (Å²) in [6.45, 7) is 2.75. The summed E-state index contributed by atoms with van der Waals surface area (Å²) in [6, 6.07) is 4.85. The van der Waals surface area contributed by atoms with Gasteiger partial charge in [0.05, 0.1) is 11.5 Å². The minimum absolute atomic E-state index is 0.0411. The Bertz CT molecular complexity index is 448. The van der Waals surface area contributed by atoms with Crippen LogP contribution in [0.1, 0.15) is 19.3 Å². The summed E-state index contributed by atoms with van der Waals surface area (Å²) < 4.78 is 6.08. The molecule has 0 saturated carbocycles. The Labute approximate surface area is 120 Å². The molecule has 1 saturated heterocycles. The van der Waals surface area contributed by atoms with Gasteiger partial charge < -0.3 is 10.1 Å². The third-order valence-corrected chi connectivity index (χ3v) is 4.18. The van der Waals surface area contributed by atoms with Crippen molar-refractivity contribution in [3.05, 3.63) is 32.8 Å². The highest BCUT2D eigenvalue weighted by Gasteiger charge is 2.17. The molecule has 1 aliphatic heterocycles. The summed E-state index contributed by atoms with van der Waals surface area (Å²) in [7, 11) is 0. The summed E-state index contributed by atoms with van der Waals surface area (Å²) in [4.78, 5) is 10.4. The number of rotatable bonds is 5. The lowest BCUT2D eigenvalue weighted by Gasteiger charge is -2.22. The molecule has 0 amide bonds. The molecule has 19 heavy (non-hydrogen) atoms. The van der Waals surface area contributed by atoms with Gasteiger partial charge in [-0.25, -0.2) is 0 Å². The fourth-order valence-corrected chi connectivity index (χ4v) is 2.78. The fraction of sp³-hybridized carbons (Fsp3) is 0.538. The minimum Gasteiger partial charge on any atom is -0.492 e. The van der Waals surface area contributed by atoms with E-state index in [4.69, 9.17) is 4.74 Å². The summed E-state index contributed by atoms with van der Waals surface area (Å²) in [5.74, 6) is 1.24. The van der Waals surface area contributed by atoms with Crippen LogP contribution in [0.15, 0.2) is 22.7 Å². The largest absolute Gasteiger partial charge is 0.492 e. The van der Waals surface area contributed by atoms with Crippen molar-refractivity contribution in [2.24, 2.45) is 5.92 Å². The molecule has 0 atom stereocenters. The van der Waals surface area contributed by atoms with Crippen molar-refractivity contribution in [3.63, 3.8) is 0 Å². The van der Waals surface area contributed by atoms with Crippen molar-refractivity contribution in [1.82, 2.24) is 5.32 Å². The van der Waals surface area contributed by atoms with E-state index >= 15 is 0 Å². The van der Waals surface area contributed by atoms with Gasteiger partial charge in [-0.05, 0) is 60.3 Å². The molecule has 1 aromatic rings. The second-order valence-corrected chi connectivity index (χ2v) is 5.47. The molecule has 6 heteroatoms. The van der Waals surface area contributed by atoms with Gasteiger partial charge in [0, 0.05) is 6.07 Å². The first-order valence-electron chi connectivity index (χ1n) is 6.45. The molecule has 0 aromatic heterocycles. The van der Waals surface area contributed by atoms with Crippen molar-refractivity contribution >= 4 is 21.6 Å². The number of nitrogens with zero attached hydrogens (tertiary/aromatic N) is 1. The maximum Gasteiger partial charge on any atom is 0.287 e. The van der Waals surface area contributed by atoms with Gasteiger partial charge in [0.25, 0.3) is 5.69 Å². The smallest absolute Gasteiger partial charge is 0.287 e. The summed E-state index contributed by atoms with van der Waals surface area (Å²) in [5.41, 5.74) is 0.0411. The number of halogens is 1. The third kappa shape index (κ3) is 3.91. The van der Waals surface area contributed by atoms with Crippen molar-refractivity contribution in [2.75, 3.05) is 19.7 Å². The standard InChI is InChI=1S/C13H17BrN2O3/c14-13-11(16(17)18)2-1-3-12(13)19-9-6-10-4-7-15-8-5-10/h1-3,10,15H,4-9H2. The predicted molar refractivity (Wildman–Crippen MR) is 76.5 cm³/mol. The molecule has 0 spiro atoms. The number of nitro groups is 1. The van der Waals surface area contributed by atoms with E-state index in [1.165, 1.54) is 18.9 Å². The van der Waals surface area contributed by atoms with Gasteiger partial charge in [-0.1, -0.05) is 6.07 Å². The quantitative estimate of drug-likeness (QED) is 0.666. The molecule has 2 rings (SSSR count). The van der Waals surface area contributed by atoms with E-state index in [1.54, 1.807) is 12.1 Å². The molecular formula is C13H17BrN2O3. The van der Waals surface area contributed by atoms with E-state index in [-0.39, 0.29) is 5.69 Å². The van der Waals surface area contributed by atoms with E-state index in [1.807, 2.05) is 0 Å². The number of piperidine rings is 1. The van der Waals surface area contributed by atoms with Crippen molar-refractivity contribution < 1.29 is 9.66 Å². The van der Waals surface area contributed by atoms with Crippen LogP contribution in [0.2, 0.25) is 0 Å². The SMILES string of the molecule is O=[N+]([O-])c1cccc(OCCC2CCNCC2)c1Br. The zero-order valence-corrected chi connectivity index (χ0v) is 12.2. The van der Waals surface area contributed by atoms with E-state index in [2.05, 4.69) is 21.2 Å². The first-order valence-corrected chi connectivity index (χ1v) is 7.24. The van der Waals surface area contributed by atoms with Crippen LogP contribution in [0.4, 0.5) is 5.69 Å². The first kappa shape index (κ1) is 14.3. The van der Waals surface area contributed by atoms with Crippen LogP contribution >= 0.6 is 15.9 Å². The topological polar surface area (TPSA) is 64.4 Å². The molecule has 1 aliphatic rings. The molecule has 1 N–H and O–H groups in total. The zero-order chi connectivity index (χ0) is 13.7. The summed E-state index contributed by atoms with van der Waals surface area (Å²) >= 11 is 3.23. The maximum absolute atomic E-state index is 10.8. The normalized spacial score (nSPS) is 16.3. The number of hydrogen-bond donors (Lipinski definition) is 1. The average Bonchev–Trinajstić information content (AvgIpc) is 2.41. The Morgan fingerprint density at radius 3 is 2.84 bits per heavy atom. The zero-order valence-electron chi connectivity index (χ0n) is 10.6. The highest BCUT2D eigenvalue weighted by atomic mass is 79.9. The van der Waals surface area contributed by atoms with Gasteiger partial charge in [-0.2, -0.15) is 0 Å². The Kier molecular flexibility index (Phi) is 5.15. The number of nitrogens with one attached hydrogen (secondary N) is 1. The Balaban J connectivity index is 1.88. The molecule has 1 heterocycles. The number of nitro benzene ring substituents is 1. The third-order valence-electron chi connectivity index (χ3n) is 3.38. The number of hydrogen-bond acceptors (Lipinski definition) is 4. The molecule has 0 unspecified atom stereocenters. The van der Waals surface area contributed by atoms with E-state index < -0.39 is 4.92 Å². The van der Waals surface area contributed by atoms with Crippen LogP contribution in [0.25, 0.3) is 0 Å². The van der Waals surface area contributed by atoms with Crippen LogP contribution in [-0.2, 0) is 0 Å². The maximum atomic E-state index is 10.8. The van der Waals surface area contributed by atoms with Crippen molar-refractivity contribution in [3.8, 4) is 5.75 Å². The Hall–Kier alpha value is -1.14. The molecule has 1 aromatic carbocycles. The van der Waals surface area contributed by atoms with Crippen LogP contribution < -0.4 is 10.1 Å². The predicted octanol–water partition coefficient (Wildman–Crippen LogP) is 3.13. The minimum atomic E-state index is -0.413. The monoisotopic (exact) mass is 328 g/mol. The molecule has 0 bridgehead atoms. The molecule has 1 fully saturated rings. The lowest BCUT2D eigenvalue weighted by Crippen LogP contribution is -2.28. The van der Waals surface area contributed by atoms with E-state index in [0.29, 0.717) is 22.7 Å². The molecule has 5 nitrogen and oxygen atoms in total. The highest BCUT2D eigenvalue weighted by Crippen LogP contribution is 2.34. The van der Waals surface area contributed by atoms with Gasteiger partial charge in [-0.15, -0.1) is 0 Å². The molecular weight excluding hydrogens is 312 g/mol. The molecule has 0 radical (unpaired) electrons. The van der Waals surface area contributed by atoms with E-state index in [0.717, 1.165) is 19.5 Å². The van der Waals surface area contributed by atoms with Gasteiger partial charge >= 0.3 is 0 Å². The van der Waals surface area contributed by atoms with Crippen LogP contribution in [0.3, 0.4) is 0 Å². The van der Waals surface area contributed by atoms with E-state index in [9.17, 15) is 10.1 Å². The molecule has 0 aliphatic carbocycles. The Morgan fingerprint density at radius 2 is 2.16 bits per heavy atom. The number of ether oxygens (including phenoxy) is 1. The van der Waals surface area contributed by atoms with Crippen LogP contribution in [0, 0.1) is 16.0 Å².